The number of rotatable bonds is 7. The lowest BCUT2D eigenvalue weighted by Crippen LogP contribution is -2.54. The van der Waals surface area contributed by atoms with Gasteiger partial charge in [-0.25, -0.2) is 0 Å². The average molecular weight is 401 g/mol. The van der Waals surface area contributed by atoms with Crippen molar-refractivity contribution in [2.45, 2.75) is 25.3 Å². The van der Waals surface area contributed by atoms with Crippen molar-refractivity contribution in [1.29, 1.82) is 0 Å². The minimum Gasteiger partial charge on any atom is -0.384 e. The summed E-state index contributed by atoms with van der Waals surface area (Å²) in [5.41, 5.74) is 10.8. The Balaban J connectivity index is 1.80. The number of nitrogens with one attached hydrogen (secondary N) is 2. The van der Waals surface area contributed by atoms with Crippen molar-refractivity contribution < 1.29 is 28.8 Å². The molecule has 1 saturated heterocycles. The highest BCUT2D eigenvalue weighted by Crippen LogP contribution is 2.32. The van der Waals surface area contributed by atoms with E-state index in [1.807, 2.05) is 0 Å². The number of carbonyl (C=O) groups excluding carboxylic acids is 6. The molecule has 0 aliphatic carbocycles. The van der Waals surface area contributed by atoms with Gasteiger partial charge in [0, 0.05) is 18.7 Å². The van der Waals surface area contributed by atoms with Gasteiger partial charge in [-0.05, 0) is 25.0 Å². The Morgan fingerprint density at radius 2 is 1.83 bits per heavy atom. The fourth-order valence-electron chi connectivity index (χ4n) is 3.44. The maximum Gasteiger partial charge on any atom is 0.264 e. The van der Waals surface area contributed by atoms with Gasteiger partial charge in [0.05, 0.1) is 11.1 Å². The standard InChI is InChI=1S/C18H19N5O6/c19-14(25)9(15(20)26)6-7-21-10-3-1-2-8-13(10)18(29)23(17(8)28)11-4-5-12(24)22-16(11)27/h1-3,9,11,21H,4-7H2,(H2,19,25)(H2,20,26)(H,22,24,27). The Labute approximate surface area is 164 Å². The van der Waals surface area contributed by atoms with Gasteiger partial charge < -0.3 is 16.8 Å². The normalized spacial score (nSPS) is 18.7. The van der Waals surface area contributed by atoms with E-state index in [0.29, 0.717) is 5.69 Å². The number of hydrogen-bond donors (Lipinski definition) is 4. The molecular weight excluding hydrogens is 382 g/mol. The molecule has 1 unspecified atom stereocenters. The van der Waals surface area contributed by atoms with E-state index in [1.54, 1.807) is 12.1 Å². The van der Waals surface area contributed by atoms with Gasteiger partial charge in [-0.3, -0.25) is 39.0 Å². The highest BCUT2D eigenvalue weighted by molar-refractivity contribution is 6.25. The molecule has 0 saturated carbocycles. The lowest BCUT2D eigenvalue weighted by molar-refractivity contribution is -0.136. The molecule has 29 heavy (non-hydrogen) atoms. The summed E-state index contributed by atoms with van der Waals surface area (Å²) >= 11 is 0. The first-order chi connectivity index (χ1) is 13.7. The van der Waals surface area contributed by atoms with E-state index in [-0.39, 0.29) is 36.9 Å². The van der Waals surface area contributed by atoms with Gasteiger partial charge >= 0.3 is 0 Å². The molecule has 6 amide bonds. The molecular formula is C18H19N5O6. The van der Waals surface area contributed by atoms with E-state index in [9.17, 15) is 28.8 Å². The number of anilines is 1. The van der Waals surface area contributed by atoms with Gasteiger partial charge in [0.15, 0.2) is 0 Å². The van der Waals surface area contributed by atoms with E-state index in [0.717, 1.165) is 4.90 Å². The third kappa shape index (κ3) is 3.66. The summed E-state index contributed by atoms with van der Waals surface area (Å²) in [5.74, 6) is -5.32. The zero-order valence-electron chi connectivity index (χ0n) is 15.3. The van der Waals surface area contributed by atoms with Crippen LogP contribution in [-0.4, -0.2) is 52.9 Å². The first kappa shape index (κ1) is 20.0. The molecule has 11 heteroatoms. The summed E-state index contributed by atoms with van der Waals surface area (Å²) in [4.78, 5) is 72.5. The quantitative estimate of drug-likeness (QED) is 0.316. The highest BCUT2D eigenvalue weighted by Gasteiger charge is 2.45. The second kappa shape index (κ2) is 7.70. The topological polar surface area (TPSA) is 182 Å². The molecule has 1 aromatic carbocycles. The van der Waals surface area contributed by atoms with Crippen LogP contribution >= 0.6 is 0 Å². The molecule has 0 aromatic heterocycles. The maximum absolute atomic E-state index is 12.9. The molecule has 2 aliphatic rings. The van der Waals surface area contributed by atoms with Crippen LogP contribution in [0.5, 0.6) is 0 Å². The summed E-state index contributed by atoms with van der Waals surface area (Å²) in [7, 11) is 0. The molecule has 1 aromatic rings. The third-order valence-electron chi connectivity index (χ3n) is 4.90. The van der Waals surface area contributed by atoms with Crippen molar-refractivity contribution in [3.8, 4) is 0 Å². The van der Waals surface area contributed by atoms with Crippen LogP contribution in [-0.2, 0) is 19.2 Å². The Morgan fingerprint density at radius 3 is 2.45 bits per heavy atom. The van der Waals surface area contributed by atoms with Crippen LogP contribution in [0.3, 0.4) is 0 Å². The van der Waals surface area contributed by atoms with Gasteiger partial charge in [0.25, 0.3) is 11.8 Å². The number of fused-ring (bicyclic) bond motifs is 1. The van der Waals surface area contributed by atoms with Crippen molar-refractivity contribution in [3.63, 3.8) is 0 Å². The molecule has 6 N–H and O–H groups in total. The molecule has 11 nitrogen and oxygen atoms in total. The van der Waals surface area contributed by atoms with Crippen LogP contribution < -0.4 is 22.1 Å². The minimum atomic E-state index is -1.17. The van der Waals surface area contributed by atoms with Crippen LogP contribution in [0.4, 0.5) is 5.69 Å². The van der Waals surface area contributed by atoms with Gasteiger partial charge in [0.2, 0.25) is 23.6 Å². The van der Waals surface area contributed by atoms with Crippen LogP contribution in [0.25, 0.3) is 0 Å². The molecule has 152 valence electrons. The van der Waals surface area contributed by atoms with Gasteiger partial charge in [-0.1, -0.05) is 6.07 Å². The van der Waals surface area contributed by atoms with E-state index in [2.05, 4.69) is 10.6 Å². The van der Waals surface area contributed by atoms with Crippen molar-refractivity contribution in [3.05, 3.63) is 29.3 Å². The Hall–Kier alpha value is -3.76. The van der Waals surface area contributed by atoms with Crippen LogP contribution in [0.1, 0.15) is 40.0 Å². The lowest BCUT2D eigenvalue weighted by atomic mass is 10.0. The molecule has 1 fully saturated rings. The maximum atomic E-state index is 12.9. The number of benzene rings is 1. The summed E-state index contributed by atoms with van der Waals surface area (Å²) < 4.78 is 0. The van der Waals surface area contributed by atoms with Gasteiger partial charge in [-0.2, -0.15) is 0 Å². The smallest absolute Gasteiger partial charge is 0.264 e. The fourth-order valence-corrected chi connectivity index (χ4v) is 3.44. The summed E-state index contributed by atoms with van der Waals surface area (Å²) in [6.45, 7) is 0.0902. The van der Waals surface area contributed by atoms with E-state index in [4.69, 9.17) is 11.5 Å². The molecule has 0 bridgehead atoms. The summed E-state index contributed by atoms with van der Waals surface area (Å²) in [6, 6.07) is 3.51. The predicted octanol–water partition coefficient (Wildman–Crippen LogP) is -1.52. The average Bonchev–Trinajstić information content (AvgIpc) is 2.90. The summed E-state index contributed by atoms with van der Waals surface area (Å²) in [6.07, 6.45) is 0.0850. The van der Waals surface area contributed by atoms with E-state index in [1.165, 1.54) is 6.07 Å². The van der Waals surface area contributed by atoms with Crippen LogP contribution in [0.2, 0.25) is 0 Å². The Kier molecular flexibility index (Phi) is 5.31. The predicted molar refractivity (Wildman–Crippen MR) is 98.1 cm³/mol. The zero-order chi connectivity index (χ0) is 21.3. The van der Waals surface area contributed by atoms with Crippen molar-refractivity contribution in [2.75, 3.05) is 11.9 Å². The zero-order valence-corrected chi connectivity index (χ0v) is 15.3. The lowest BCUT2D eigenvalue weighted by Gasteiger charge is -2.27. The first-order valence-corrected chi connectivity index (χ1v) is 8.89. The van der Waals surface area contributed by atoms with Crippen molar-refractivity contribution in [2.24, 2.45) is 17.4 Å². The number of hydrogen-bond acceptors (Lipinski definition) is 7. The Bertz CT molecular complexity index is 929. The van der Waals surface area contributed by atoms with Gasteiger partial charge in [0.1, 0.15) is 12.0 Å². The number of imide groups is 2. The monoisotopic (exact) mass is 401 g/mol. The van der Waals surface area contributed by atoms with Crippen molar-refractivity contribution >= 4 is 41.1 Å². The second-order valence-corrected chi connectivity index (χ2v) is 6.75. The third-order valence-corrected chi connectivity index (χ3v) is 4.90. The number of amides is 6. The largest absolute Gasteiger partial charge is 0.384 e. The van der Waals surface area contributed by atoms with Crippen molar-refractivity contribution in [1.82, 2.24) is 10.2 Å². The first-order valence-electron chi connectivity index (χ1n) is 8.89. The number of piperidine rings is 1. The van der Waals surface area contributed by atoms with E-state index < -0.39 is 47.4 Å². The number of primary amides is 2. The van der Waals surface area contributed by atoms with Crippen LogP contribution in [0, 0.1) is 5.92 Å². The summed E-state index contributed by atoms with van der Waals surface area (Å²) in [5, 5.41) is 5.04. The molecule has 2 heterocycles. The fraction of sp³-hybridized carbons (Fsp3) is 0.333. The van der Waals surface area contributed by atoms with Crippen LogP contribution in [0.15, 0.2) is 18.2 Å². The minimum absolute atomic E-state index is 0.00727. The number of nitrogens with zero attached hydrogens (tertiary/aromatic N) is 1. The molecule has 2 aliphatic heterocycles. The number of nitrogens with two attached hydrogens (primary N) is 2. The molecule has 0 radical (unpaired) electrons. The Morgan fingerprint density at radius 1 is 1.14 bits per heavy atom. The van der Waals surface area contributed by atoms with Gasteiger partial charge in [-0.15, -0.1) is 0 Å². The molecule has 3 rings (SSSR count). The van der Waals surface area contributed by atoms with E-state index >= 15 is 0 Å². The SMILES string of the molecule is NC(=O)C(CCNc1cccc2c1C(=O)N(C1CCC(=O)NC1=O)C2=O)C(N)=O. The molecule has 0 spiro atoms. The highest BCUT2D eigenvalue weighted by atomic mass is 16.2. The molecule has 1 atom stereocenters. The second-order valence-electron chi connectivity index (χ2n) is 6.75. The number of carbonyl (C=O) groups is 6.